The Morgan fingerprint density at radius 2 is 0.961 bits per heavy atom. The van der Waals surface area contributed by atoms with Gasteiger partial charge < -0.3 is 4.74 Å². The van der Waals surface area contributed by atoms with Crippen LogP contribution in [0.15, 0.2) is 176 Å². The molecule has 9 aromatic rings. The van der Waals surface area contributed by atoms with Crippen LogP contribution in [-0.4, -0.2) is 15.0 Å². The molecular weight excluding hydrogens is 623 g/mol. The maximum Gasteiger partial charge on any atom is 0.164 e. The average molecular weight is 652 g/mol. The average Bonchev–Trinajstić information content (AvgIpc) is 3.21. The summed E-state index contributed by atoms with van der Waals surface area (Å²) in [5.41, 5.74) is 9.52. The molecule has 0 atom stereocenters. The number of hydrogen-bond donors (Lipinski definition) is 0. The molecule has 0 saturated heterocycles. The Hall–Kier alpha value is -6.91. The Morgan fingerprint density at radius 1 is 0.333 bits per heavy atom. The van der Waals surface area contributed by atoms with Gasteiger partial charge in [0.2, 0.25) is 0 Å². The van der Waals surface area contributed by atoms with Crippen LogP contribution in [0.5, 0.6) is 11.5 Å². The molecule has 1 aliphatic rings. The number of fused-ring (bicyclic) bond motifs is 3. The highest BCUT2D eigenvalue weighted by atomic mass is 16.5. The predicted octanol–water partition coefficient (Wildman–Crippen LogP) is 12.3. The summed E-state index contributed by atoms with van der Waals surface area (Å²) in [7, 11) is 0. The molecule has 0 unspecified atom stereocenters. The third kappa shape index (κ3) is 5.04. The molecule has 0 saturated carbocycles. The van der Waals surface area contributed by atoms with Gasteiger partial charge in [0.05, 0.1) is 0 Å². The molecule has 2 heterocycles. The van der Waals surface area contributed by atoms with Crippen molar-refractivity contribution in [1.82, 2.24) is 15.0 Å². The molecule has 0 radical (unpaired) electrons. The molecule has 1 aromatic heterocycles. The van der Waals surface area contributed by atoms with Crippen LogP contribution in [-0.2, 0) is 0 Å². The van der Waals surface area contributed by atoms with Gasteiger partial charge in [-0.3, -0.25) is 0 Å². The maximum atomic E-state index is 6.85. The van der Waals surface area contributed by atoms with Crippen LogP contribution in [0, 0.1) is 0 Å². The Balaban J connectivity index is 1.13. The van der Waals surface area contributed by atoms with Gasteiger partial charge in [-0.25, -0.2) is 15.0 Å². The van der Waals surface area contributed by atoms with Crippen molar-refractivity contribution in [2.24, 2.45) is 0 Å². The second-order valence-electron chi connectivity index (χ2n) is 12.8. The summed E-state index contributed by atoms with van der Waals surface area (Å²) in [5, 5.41) is 4.39. The minimum atomic E-state index is 0.619. The molecule has 0 aliphatic carbocycles. The number of benzene rings is 8. The molecular formula is C47H29N3O. The van der Waals surface area contributed by atoms with Crippen molar-refractivity contribution in [3.05, 3.63) is 176 Å². The van der Waals surface area contributed by atoms with Gasteiger partial charge in [-0.05, 0) is 62.7 Å². The van der Waals surface area contributed by atoms with E-state index >= 15 is 0 Å². The summed E-state index contributed by atoms with van der Waals surface area (Å²) in [6, 6.07) is 61.0. The molecule has 4 nitrogen and oxygen atoms in total. The summed E-state index contributed by atoms with van der Waals surface area (Å²) >= 11 is 0. The Bertz CT molecular complexity index is 2780. The maximum absolute atomic E-state index is 6.85. The van der Waals surface area contributed by atoms with E-state index in [4.69, 9.17) is 19.7 Å². The van der Waals surface area contributed by atoms with Crippen molar-refractivity contribution in [2.75, 3.05) is 0 Å². The van der Waals surface area contributed by atoms with E-state index in [1.807, 2.05) is 36.4 Å². The molecule has 0 spiro atoms. The first-order valence-electron chi connectivity index (χ1n) is 17.1. The fraction of sp³-hybridized carbons (Fsp3) is 0. The Morgan fingerprint density at radius 3 is 1.80 bits per heavy atom. The SMILES string of the molecule is c1ccc(-c2cccc(-c3cccc4c3Oc3ccc(-c5nc(-c6ccccc6)nc(-c6ccc7ccccc7c6)n5)c5cccc-4c35)c2)cc1. The number of para-hydroxylation sites is 1. The van der Waals surface area contributed by atoms with Gasteiger partial charge in [-0.1, -0.05) is 152 Å². The lowest BCUT2D eigenvalue weighted by Crippen LogP contribution is -2.02. The van der Waals surface area contributed by atoms with Gasteiger partial charge in [0.1, 0.15) is 11.5 Å². The predicted molar refractivity (Wildman–Crippen MR) is 208 cm³/mol. The zero-order valence-corrected chi connectivity index (χ0v) is 27.5. The summed E-state index contributed by atoms with van der Waals surface area (Å²) < 4.78 is 6.85. The topological polar surface area (TPSA) is 47.9 Å². The molecule has 0 fully saturated rings. The molecule has 0 bridgehead atoms. The highest BCUT2D eigenvalue weighted by molar-refractivity contribution is 6.10. The monoisotopic (exact) mass is 651 g/mol. The van der Waals surface area contributed by atoms with Crippen molar-refractivity contribution in [3.8, 4) is 79.0 Å². The van der Waals surface area contributed by atoms with Gasteiger partial charge in [-0.2, -0.15) is 0 Å². The molecule has 238 valence electrons. The lowest BCUT2D eigenvalue weighted by atomic mass is 9.89. The lowest BCUT2D eigenvalue weighted by molar-refractivity contribution is 0.489. The fourth-order valence-corrected chi connectivity index (χ4v) is 7.24. The highest BCUT2D eigenvalue weighted by Gasteiger charge is 2.25. The molecule has 8 aromatic carbocycles. The summed E-state index contributed by atoms with van der Waals surface area (Å²) in [5.74, 6) is 3.56. The number of rotatable bonds is 5. The van der Waals surface area contributed by atoms with E-state index in [0.29, 0.717) is 17.5 Å². The third-order valence-corrected chi connectivity index (χ3v) is 9.72. The van der Waals surface area contributed by atoms with Gasteiger partial charge in [0.15, 0.2) is 17.5 Å². The molecule has 1 aliphatic heterocycles. The number of nitrogens with zero attached hydrogens (tertiary/aromatic N) is 3. The minimum Gasteiger partial charge on any atom is -0.455 e. The van der Waals surface area contributed by atoms with E-state index in [2.05, 4.69) is 140 Å². The standard InChI is InChI=1S/C47H29N3O/c1-3-12-30(13-4-1)34-18-9-19-35(28-34)37-20-10-23-40-38-21-11-22-39-41(26-27-42(43(38)39)51-44(37)40)47-49-45(32-15-5-2-6-16-32)48-46(50-47)36-25-24-31-14-7-8-17-33(31)29-36/h1-29H. The van der Waals surface area contributed by atoms with Crippen molar-refractivity contribution in [2.45, 2.75) is 0 Å². The Kier molecular flexibility index (Phi) is 6.78. The van der Waals surface area contributed by atoms with Crippen LogP contribution in [0.1, 0.15) is 0 Å². The summed E-state index contributed by atoms with van der Waals surface area (Å²) in [4.78, 5) is 15.2. The van der Waals surface area contributed by atoms with Crippen molar-refractivity contribution >= 4 is 21.5 Å². The van der Waals surface area contributed by atoms with Crippen LogP contribution in [0.3, 0.4) is 0 Å². The van der Waals surface area contributed by atoms with Crippen LogP contribution < -0.4 is 4.74 Å². The van der Waals surface area contributed by atoms with E-state index < -0.39 is 0 Å². The summed E-state index contributed by atoms with van der Waals surface area (Å²) in [6.45, 7) is 0. The second kappa shape index (κ2) is 11.9. The fourth-order valence-electron chi connectivity index (χ4n) is 7.24. The third-order valence-electron chi connectivity index (χ3n) is 9.72. The van der Waals surface area contributed by atoms with E-state index in [9.17, 15) is 0 Å². The quantitative estimate of drug-likeness (QED) is 0.186. The van der Waals surface area contributed by atoms with Gasteiger partial charge in [0.25, 0.3) is 0 Å². The van der Waals surface area contributed by atoms with Gasteiger partial charge >= 0.3 is 0 Å². The molecule has 10 rings (SSSR count). The summed E-state index contributed by atoms with van der Waals surface area (Å²) in [6.07, 6.45) is 0. The van der Waals surface area contributed by atoms with Crippen LogP contribution >= 0.6 is 0 Å². The van der Waals surface area contributed by atoms with E-state index in [-0.39, 0.29) is 0 Å². The van der Waals surface area contributed by atoms with Gasteiger partial charge in [-0.15, -0.1) is 0 Å². The van der Waals surface area contributed by atoms with Crippen LogP contribution in [0.2, 0.25) is 0 Å². The van der Waals surface area contributed by atoms with Crippen molar-refractivity contribution in [1.29, 1.82) is 0 Å². The van der Waals surface area contributed by atoms with Crippen molar-refractivity contribution < 1.29 is 4.74 Å². The molecule has 4 heteroatoms. The molecule has 0 amide bonds. The second-order valence-corrected chi connectivity index (χ2v) is 12.8. The number of ether oxygens (including phenoxy) is 1. The van der Waals surface area contributed by atoms with Crippen LogP contribution in [0.4, 0.5) is 0 Å². The number of aromatic nitrogens is 3. The van der Waals surface area contributed by atoms with Crippen LogP contribution in [0.25, 0.3) is 89.1 Å². The lowest BCUT2D eigenvalue weighted by Gasteiger charge is -2.24. The zero-order chi connectivity index (χ0) is 33.7. The zero-order valence-electron chi connectivity index (χ0n) is 27.5. The smallest absolute Gasteiger partial charge is 0.164 e. The van der Waals surface area contributed by atoms with Gasteiger partial charge in [0, 0.05) is 33.2 Å². The first-order chi connectivity index (χ1) is 25.3. The molecule has 0 N–H and O–H groups in total. The highest BCUT2D eigenvalue weighted by Crippen LogP contribution is 2.51. The van der Waals surface area contributed by atoms with E-state index in [0.717, 1.165) is 66.6 Å². The first kappa shape index (κ1) is 29.0. The normalized spacial score (nSPS) is 11.7. The van der Waals surface area contributed by atoms with E-state index in [1.165, 1.54) is 16.5 Å². The van der Waals surface area contributed by atoms with E-state index in [1.54, 1.807) is 0 Å². The Labute approximate surface area is 295 Å². The largest absolute Gasteiger partial charge is 0.455 e. The number of hydrogen-bond acceptors (Lipinski definition) is 4. The van der Waals surface area contributed by atoms with Crippen molar-refractivity contribution in [3.63, 3.8) is 0 Å². The first-order valence-corrected chi connectivity index (χ1v) is 17.1. The minimum absolute atomic E-state index is 0.619. The molecule has 51 heavy (non-hydrogen) atoms.